The van der Waals surface area contributed by atoms with Crippen molar-refractivity contribution >= 4 is 18.4 Å². The fourth-order valence-corrected chi connectivity index (χ4v) is 3.32. The molecule has 0 spiro atoms. The molecule has 0 N–H and O–H groups in total. The normalized spacial score (nSPS) is 11.7. The van der Waals surface area contributed by atoms with Gasteiger partial charge in [0.15, 0.2) is 10.6 Å². The van der Waals surface area contributed by atoms with Gasteiger partial charge >= 0.3 is 7.80 Å². The van der Waals surface area contributed by atoms with Crippen LogP contribution in [0.5, 0.6) is 0 Å². The standard InChI is InChI=1S/C17H21NOP/c1-3-18(4-2)14-15-10-12-17(13-11-15)20(19)16-8-6-5-7-9-16/h5-13H,3-4,14H2,1-2H3/q+1. The van der Waals surface area contributed by atoms with Crippen LogP contribution in [0.2, 0.25) is 0 Å². The fourth-order valence-electron chi connectivity index (χ4n) is 2.15. The molecule has 0 heterocycles. The van der Waals surface area contributed by atoms with Crippen LogP contribution in [0.3, 0.4) is 0 Å². The van der Waals surface area contributed by atoms with Crippen molar-refractivity contribution < 1.29 is 4.57 Å². The molecule has 0 aliphatic carbocycles. The lowest BCUT2D eigenvalue weighted by Crippen LogP contribution is -2.22. The predicted molar refractivity (Wildman–Crippen MR) is 86.4 cm³/mol. The molecule has 0 aliphatic heterocycles. The van der Waals surface area contributed by atoms with Gasteiger partial charge in [0.1, 0.15) is 0 Å². The van der Waals surface area contributed by atoms with Crippen LogP contribution >= 0.6 is 7.80 Å². The smallest absolute Gasteiger partial charge is 0.300 e. The largest absolute Gasteiger partial charge is 0.415 e. The maximum atomic E-state index is 12.4. The highest BCUT2D eigenvalue weighted by molar-refractivity contribution is 7.61. The first-order valence-corrected chi connectivity index (χ1v) is 8.34. The highest BCUT2D eigenvalue weighted by Crippen LogP contribution is 2.19. The maximum Gasteiger partial charge on any atom is 0.415 e. The van der Waals surface area contributed by atoms with Gasteiger partial charge in [0, 0.05) is 6.54 Å². The van der Waals surface area contributed by atoms with E-state index in [0.717, 1.165) is 30.2 Å². The van der Waals surface area contributed by atoms with Gasteiger partial charge in [0.2, 0.25) is 0 Å². The van der Waals surface area contributed by atoms with Gasteiger partial charge in [-0.25, -0.2) is 0 Å². The van der Waals surface area contributed by atoms with E-state index in [4.69, 9.17) is 0 Å². The zero-order chi connectivity index (χ0) is 14.4. The Bertz CT molecular complexity index is 547. The molecule has 0 amide bonds. The van der Waals surface area contributed by atoms with Gasteiger partial charge in [0.05, 0.1) is 0 Å². The lowest BCUT2D eigenvalue weighted by atomic mass is 10.2. The van der Waals surface area contributed by atoms with Crippen LogP contribution in [0.25, 0.3) is 0 Å². The summed E-state index contributed by atoms with van der Waals surface area (Å²) in [5.74, 6) is 0. The van der Waals surface area contributed by atoms with Gasteiger partial charge in [-0.3, -0.25) is 4.90 Å². The van der Waals surface area contributed by atoms with Gasteiger partial charge in [-0.2, -0.15) is 0 Å². The summed E-state index contributed by atoms with van der Waals surface area (Å²) in [6.45, 7) is 7.40. The number of hydrogen-bond acceptors (Lipinski definition) is 2. The van der Waals surface area contributed by atoms with E-state index in [2.05, 4.69) is 30.9 Å². The van der Waals surface area contributed by atoms with E-state index >= 15 is 0 Å². The molecule has 2 nitrogen and oxygen atoms in total. The summed E-state index contributed by atoms with van der Waals surface area (Å²) in [5.41, 5.74) is 1.27. The van der Waals surface area contributed by atoms with E-state index in [0.29, 0.717) is 0 Å². The van der Waals surface area contributed by atoms with Crippen molar-refractivity contribution in [2.75, 3.05) is 13.1 Å². The Morgan fingerprint density at radius 1 is 0.850 bits per heavy atom. The first-order valence-electron chi connectivity index (χ1n) is 7.08. The first-order chi connectivity index (χ1) is 9.74. The fraction of sp³-hybridized carbons (Fsp3) is 0.294. The Balaban J connectivity index is 2.10. The van der Waals surface area contributed by atoms with Gasteiger partial charge in [-0.05, 0) is 42.9 Å². The molecule has 2 aromatic carbocycles. The van der Waals surface area contributed by atoms with Gasteiger partial charge in [-0.1, -0.05) is 48.7 Å². The van der Waals surface area contributed by atoms with Crippen LogP contribution in [-0.4, -0.2) is 18.0 Å². The summed E-state index contributed by atoms with van der Waals surface area (Å²) in [5, 5.41) is 1.79. The van der Waals surface area contributed by atoms with Crippen molar-refractivity contribution in [3.63, 3.8) is 0 Å². The summed E-state index contributed by atoms with van der Waals surface area (Å²) in [7, 11) is -1.47. The minimum atomic E-state index is -1.47. The molecule has 0 aromatic heterocycles. The number of hydrogen-bond donors (Lipinski definition) is 0. The summed E-state index contributed by atoms with van der Waals surface area (Å²) in [6, 6.07) is 17.8. The molecule has 0 aliphatic rings. The molecule has 1 atom stereocenters. The molecule has 0 radical (unpaired) electrons. The second-order valence-corrected chi connectivity index (χ2v) is 6.38. The lowest BCUT2D eigenvalue weighted by Gasteiger charge is -2.17. The van der Waals surface area contributed by atoms with Crippen LogP contribution in [0.1, 0.15) is 19.4 Å². The van der Waals surface area contributed by atoms with E-state index in [1.807, 2.05) is 42.5 Å². The zero-order valence-corrected chi connectivity index (χ0v) is 13.0. The van der Waals surface area contributed by atoms with Crippen molar-refractivity contribution in [1.29, 1.82) is 0 Å². The third-order valence-corrected chi connectivity index (χ3v) is 5.00. The Kier molecular flexibility index (Phi) is 5.46. The first kappa shape index (κ1) is 14.9. The molecule has 20 heavy (non-hydrogen) atoms. The number of nitrogens with zero attached hydrogens (tertiary/aromatic N) is 1. The van der Waals surface area contributed by atoms with Crippen molar-refractivity contribution in [2.24, 2.45) is 0 Å². The Hall–Kier alpha value is -1.50. The lowest BCUT2D eigenvalue weighted by molar-refractivity contribution is 0.296. The molecule has 1 unspecified atom stereocenters. The predicted octanol–water partition coefficient (Wildman–Crippen LogP) is 3.31. The van der Waals surface area contributed by atoms with Crippen molar-refractivity contribution in [3.8, 4) is 0 Å². The van der Waals surface area contributed by atoms with E-state index in [1.165, 1.54) is 5.56 Å². The van der Waals surface area contributed by atoms with E-state index < -0.39 is 7.80 Å². The highest BCUT2D eigenvalue weighted by Gasteiger charge is 2.22. The van der Waals surface area contributed by atoms with E-state index in [9.17, 15) is 4.57 Å². The van der Waals surface area contributed by atoms with Crippen molar-refractivity contribution in [2.45, 2.75) is 20.4 Å². The summed E-state index contributed by atoms with van der Waals surface area (Å²) in [4.78, 5) is 2.37. The summed E-state index contributed by atoms with van der Waals surface area (Å²) < 4.78 is 12.4. The van der Waals surface area contributed by atoms with E-state index in [1.54, 1.807) is 0 Å². The average molecular weight is 286 g/mol. The molecule has 0 saturated carbocycles. The minimum absolute atomic E-state index is 0.888. The average Bonchev–Trinajstić information content (AvgIpc) is 2.53. The van der Waals surface area contributed by atoms with Crippen LogP contribution < -0.4 is 10.6 Å². The minimum Gasteiger partial charge on any atom is -0.300 e. The summed E-state index contributed by atoms with van der Waals surface area (Å²) in [6.07, 6.45) is 0. The van der Waals surface area contributed by atoms with Crippen LogP contribution in [0.15, 0.2) is 54.6 Å². The molecule has 0 bridgehead atoms. The van der Waals surface area contributed by atoms with Gasteiger partial charge in [-0.15, -0.1) is 0 Å². The maximum absolute atomic E-state index is 12.4. The topological polar surface area (TPSA) is 20.3 Å². The third kappa shape index (κ3) is 3.75. The molecular formula is C17H21NOP+. The zero-order valence-electron chi connectivity index (χ0n) is 12.1. The van der Waals surface area contributed by atoms with Crippen LogP contribution in [-0.2, 0) is 11.1 Å². The van der Waals surface area contributed by atoms with E-state index in [-0.39, 0.29) is 0 Å². The number of benzene rings is 2. The Labute approximate surface area is 122 Å². The van der Waals surface area contributed by atoms with Crippen LogP contribution in [0, 0.1) is 0 Å². The Morgan fingerprint density at radius 2 is 1.40 bits per heavy atom. The molecule has 2 aromatic rings. The second kappa shape index (κ2) is 7.33. The highest BCUT2D eigenvalue weighted by atomic mass is 31.1. The molecule has 2 rings (SSSR count). The van der Waals surface area contributed by atoms with Crippen LogP contribution in [0.4, 0.5) is 0 Å². The molecular weight excluding hydrogens is 265 g/mol. The SMILES string of the molecule is CCN(CC)Cc1ccc([P+](=O)c2ccccc2)cc1. The Morgan fingerprint density at radius 3 is 1.95 bits per heavy atom. The number of rotatable bonds is 6. The molecule has 3 heteroatoms. The van der Waals surface area contributed by atoms with Gasteiger partial charge < -0.3 is 0 Å². The quantitative estimate of drug-likeness (QED) is 0.759. The van der Waals surface area contributed by atoms with Gasteiger partial charge in [0.25, 0.3) is 0 Å². The van der Waals surface area contributed by atoms with Crippen molar-refractivity contribution in [3.05, 3.63) is 60.2 Å². The molecule has 0 saturated heterocycles. The monoisotopic (exact) mass is 286 g/mol. The molecule has 104 valence electrons. The molecule has 0 fully saturated rings. The van der Waals surface area contributed by atoms with Crippen molar-refractivity contribution in [1.82, 2.24) is 4.90 Å². The second-order valence-electron chi connectivity index (χ2n) is 4.76. The third-order valence-electron chi connectivity index (χ3n) is 3.46. The summed E-state index contributed by atoms with van der Waals surface area (Å²) >= 11 is 0.